The maximum Gasteiger partial charge on any atom is 0.302 e. The maximum atomic E-state index is 10.9. The van der Waals surface area contributed by atoms with Gasteiger partial charge in [-0.15, -0.1) is 0 Å². The molecule has 0 aromatic heterocycles. The van der Waals surface area contributed by atoms with Gasteiger partial charge in [0.1, 0.15) is 0 Å². The van der Waals surface area contributed by atoms with Crippen molar-refractivity contribution in [2.24, 2.45) is 29.6 Å². The van der Waals surface area contributed by atoms with Crippen molar-refractivity contribution in [1.29, 1.82) is 0 Å². The van der Waals surface area contributed by atoms with Gasteiger partial charge in [0.2, 0.25) is 0 Å². The van der Waals surface area contributed by atoms with Gasteiger partial charge in [0.05, 0.1) is 6.61 Å². The Morgan fingerprint density at radius 2 is 1.78 bits per heavy atom. The molecule has 3 nitrogen and oxygen atoms in total. The molecular weight excluding hydrogens is 226 g/mol. The van der Waals surface area contributed by atoms with E-state index in [0.29, 0.717) is 6.61 Å². The Labute approximate surface area is 111 Å². The molecule has 3 heteroatoms. The number of hydrogen-bond donors (Lipinski definition) is 0. The number of hydrogen-bond acceptors (Lipinski definition) is 3. The molecule has 4 atom stereocenters. The van der Waals surface area contributed by atoms with E-state index in [9.17, 15) is 4.79 Å². The Morgan fingerprint density at radius 3 is 2.28 bits per heavy atom. The molecule has 2 bridgehead atoms. The first kappa shape index (κ1) is 13.9. The monoisotopic (exact) mass is 253 g/mol. The minimum atomic E-state index is -0.144. The lowest BCUT2D eigenvalue weighted by atomic mass is 9.59. The molecule has 0 N–H and O–H groups in total. The van der Waals surface area contributed by atoms with E-state index < -0.39 is 0 Å². The van der Waals surface area contributed by atoms with Gasteiger partial charge < -0.3 is 9.64 Å². The van der Waals surface area contributed by atoms with Crippen LogP contribution in [0, 0.1) is 29.6 Å². The van der Waals surface area contributed by atoms with Crippen LogP contribution < -0.4 is 0 Å². The van der Waals surface area contributed by atoms with E-state index in [1.54, 1.807) is 0 Å². The molecule has 4 unspecified atom stereocenters. The minimum absolute atomic E-state index is 0.144. The van der Waals surface area contributed by atoms with Crippen molar-refractivity contribution in [3.63, 3.8) is 0 Å². The van der Waals surface area contributed by atoms with Gasteiger partial charge >= 0.3 is 5.97 Å². The highest BCUT2D eigenvalue weighted by Crippen LogP contribution is 2.46. The number of carbonyl (C=O) groups excluding carboxylic acids is 1. The van der Waals surface area contributed by atoms with Crippen LogP contribution in [0.2, 0.25) is 0 Å². The lowest BCUT2D eigenvalue weighted by Crippen LogP contribution is -2.52. The van der Waals surface area contributed by atoms with E-state index in [-0.39, 0.29) is 5.97 Å². The van der Waals surface area contributed by atoms with E-state index in [0.717, 1.165) is 36.0 Å². The summed E-state index contributed by atoms with van der Waals surface area (Å²) in [6.07, 6.45) is 2.42. The van der Waals surface area contributed by atoms with Crippen LogP contribution in [0.5, 0.6) is 0 Å². The van der Waals surface area contributed by atoms with Crippen LogP contribution in [-0.2, 0) is 9.53 Å². The van der Waals surface area contributed by atoms with Gasteiger partial charge in [-0.25, -0.2) is 0 Å². The quantitative estimate of drug-likeness (QED) is 0.723. The Balaban J connectivity index is 2.00. The molecule has 1 aliphatic heterocycles. The van der Waals surface area contributed by atoms with Gasteiger partial charge in [-0.1, -0.05) is 13.8 Å². The average Bonchev–Trinajstić information content (AvgIpc) is 2.27. The van der Waals surface area contributed by atoms with Crippen LogP contribution in [0.25, 0.3) is 0 Å². The summed E-state index contributed by atoms with van der Waals surface area (Å²) in [5, 5.41) is 0. The number of rotatable bonds is 3. The smallest absolute Gasteiger partial charge is 0.302 e. The summed E-state index contributed by atoms with van der Waals surface area (Å²) in [5.41, 5.74) is 0. The number of likely N-dealkylation sites (tertiary alicyclic amines) is 1. The molecule has 1 aliphatic carbocycles. The van der Waals surface area contributed by atoms with E-state index >= 15 is 0 Å². The van der Waals surface area contributed by atoms with Crippen LogP contribution in [0.3, 0.4) is 0 Å². The summed E-state index contributed by atoms with van der Waals surface area (Å²) in [6.45, 7) is 9.34. The highest BCUT2D eigenvalue weighted by molar-refractivity contribution is 5.65. The van der Waals surface area contributed by atoms with Crippen LogP contribution in [-0.4, -0.2) is 37.6 Å². The number of esters is 1. The van der Waals surface area contributed by atoms with Gasteiger partial charge in [0.25, 0.3) is 0 Å². The third-order valence-electron chi connectivity index (χ3n) is 5.11. The molecule has 0 aromatic rings. The van der Waals surface area contributed by atoms with Gasteiger partial charge in [-0.3, -0.25) is 4.79 Å². The third-order valence-corrected chi connectivity index (χ3v) is 5.11. The Morgan fingerprint density at radius 1 is 1.22 bits per heavy atom. The molecule has 0 aromatic carbocycles. The number of nitrogens with zero attached hydrogens (tertiary/aromatic N) is 1. The van der Waals surface area contributed by atoms with Gasteiger partial charge in [0.15, 0.2) is 0 Å². The molecule has 18 heavy (non-hydrogen) atoms. The first-order valence-corrected chi connectivity index (χ1v) is 7.31. The van der Waals surface area contributed by atoms with Crippen LogP contribution in [0.4, 0.5) is 0 Å². The molecule has 0 radical (unpaired) electrons. The summed E-state index contributed by atoms with van der Waals surface area (Å²) in [6, 6.07) is 0. The topological polar surface area (TPSA) is 29.5 Å². The molecule has 0 amide bonds. The number of piperidine rings is 1. The standard InChI is InChI=1S/C15H27NO2/c1-10-7-11(2)15-9-16(4)8-14(10)13(15)5-6-18-12(3)17/h10-11,13-15H,5-9H2,1-4H3. The van der Waals surface area contributed by atoms with E-state index in [4.69, 9.17) is 4.74 Å². The van der Waals surface area contributed by atoms with Crippen molar-refractivity contribution in [2.75, 3.05) is 26.7 Å². The van der Waals surface area contributed by atoms with Crippen LogP contribution >= 0.6 is 0 Å². The lowest BCUT2D eigenvalue weighted by molar-refractivity contribution is -0.142. The van der Waals surface area contributed by atoms with Crippen molar-refractivity contribution in [3.8, 4) is 0 Å². The normalized spacial score (nSPS) is 40.6. The summed E-state index contributed by atoms with van der Waals surface area (Å²) >= 11 is 0. The van der Waals surface area contributed by atoms with Crippen molar-refractivity contribution in [2.45, 2.75) is 33.6 Å². The number of fused-ring (bicyclic) bond motifs is 2. The van der Waals surface area contributed by atoms with Crippen molar-refractivity contribution >= 4 is 5.97 Å². The second kappa shape index (κ2) is 5.60. The van der Waals surface area contributed by atoms with Gasteiger partial charge in [-0.2, -0.15) is 0 Å². The van der Waals surface area contributed by atoms with Crippen molar-refractivity contribution < 1.29 is 9.53 Å². The van der Waals surface area contributed by atoms with Crippen molar-refractivity contribution in [1.82, 2.24) is 4.90 Å². The molecular formula is C15H27NO2. The summed E-state index contributed by atoms with van der Waals surface area (Å²) in [5.74, 6) is 3.80. The van der Waals surface area contributed by atoms with E-state index in [1.165, 1.54) is 26.4 Å². The minimum Gasteiger partial charge on any atom is -0.466 e. The molecule has 104 valence electrons. The van der Waals surface area contributed by atoms with Crippen molar-refractivity contribution in [3.05, 3.63) is 0 Å². The summed E-state index contributed by atoms with van der Waals surface area (Å²) in [4.78, 5) is 13.4. The zero-order valence-corrected chi connectivity index (χ0v) is 12.2. The fraction of sp³-hybridized carbons (Fsp3) is 0.933. The first-order chi connectivity index (χ1) is 8.49. The second-order valence-electron chi connectivity index (χ2n) is 6.53. The SMILES string of the molecule is CC(=O)OCCC1C2CN(C)CC1C(C)CC2C. The average molecular weight is 253 g/mol. The Kier molecular flexibility index (Phi) is 4.31. The van der Waals surface area contributed by atoms with Gasteiger partial charge in [0, 0.05) is 20.0 Å². The predicted octanol–water partition coefficient (Wildman–Crippen LogP) is 2.41. The largest absolute Gasteiger partial charge is 0.466 e. The third kappa shape index (κ3) is 2.87. The molecule has 2 aliphatic rings. The maximum absolute atomic E-state index is 10.9. The van der Waals surface area contributed by atoms with Crippen LogP contribution in [0.1, 0.15) is 33.6 Å². The zero-order chi connectivity index (χ0) is 13.3. The summed E-state index contributed by atoms with van der Waals surface area (Å²) in [7, 11) is 2.24. The highest BCUT2D eigenvalue weighted by atomic mass is 16.5. The predicted molar refractivity (Wildman–Crippen MR) is 72.2 cm³/mol. The fourth-order valence-electron chi connectivity index (χ4n) is 4.29. The number of ether oxygens (including phenoxy) is 1. The van der Waals surface area contributed by atoms with E-state index in [2.05, 4.69) is 25.8 Å². The molecule has 0 spiro atoms. The first-order valence-electron chi connectivity index (χ1n) is 7.31. The molecule has 2 fully saturated rings. The van der Waals surface area contributed by atoms with Crippen LogP contribution in [0.15, 0.2) is 0 Å². The Hall–Kier alpha value is -0.570. The fourth-order valence-corrected chi connectivity index (χ4v) is 4.29. The molecule has 1 saturated carbocycles. The highest BCUT2D eigenvalue weighted by Gasteiger charge is 2.44. The molecule has 1 heterocycles. The lowest BCUT2D eigenvalue weighted by Gasteiger charge is -2.52. The van der Waals surface area contributed by atoms with E-state index in [1.807, 2.05) is 0 Å². The zero-order valence-electron chi connectivity index (χ0n) is 12.2. The Bertz CT molecular complexity index is 287. The summed E-state index contributed by atoms with van der Waals surface area (Å²) < 4.78 is 5.15. The van der Waals surface area contributed by atoms with Gasteiger partial charge in [-0.05, 0) is 49.5 Å². The number of carbonyl (C=O) groups is 1. The molecule has 1 saturated heterocycles. The molecule has 2 rings (SSSR count). The second-order valence-corrected chi connectivity index (χ2v) is 6.53.